The minimum Gasteiger partial charge on any atom is -0.507 e. The molecule has 7 heteroatoms. The smallest absolute Gasteiger partial charge is 0.335 e. The van der Waals surface area contributed by atoms with Gasteiger partial charge in [-0.3, -0.25) is 0 Å². The van der Waals surface area contributed by atoms with Crippen molar-refractivity contribution < 1.29 is 23.4 Å². The summed E-state index contributed by atoms with van der Waals surface area (Å²) in [6.45, 7) is 11.7. The van der Waals surface area contributed by atoms with Crippen LogP contribution < -0.4 is 0 Å². The lowest BCUT2D eigenvalue weighted by Crippen LogP contribution is -2.17. The number of sulfone groups is 1. The number of hydrogen-bond acceptors (Lipinski definition) is 5. The third-order valence-electron chi connectivity index (χ3n) is 5.07. The Labute approximate surface area is 189 Å². The van der Waals surface area contributed by atoms with Gasteiger partial charge in [-0.1, -0.05) is 47.6 Å². The lowest BCUT2D eigenvalue weighted by Gasteiger charge is -2.28. The number of aromatic carboxylic acids is 1. The predicted molar refractivity (Wildman–Crippen MR) is 124 cm³/mol. The van der Waals surface area contributed by atoms with E-state index in [1.807, 2.05) is 47.6 Å². The number of benzene rings is 2. The predicted octanol–water partition coefficient (Wildman–Crippen LogP) is 5.41. The van der Waals surface area contributed by atoms with Gasteiger partial charge in [0, 0.05) is 11.1 Å². The fraction of sp³-hybridized carbons (Fsp3) is 0.360. The molecule has 0 bridgehead atoms. The summed E-state index contributed by atoms with van der Waals surface area (Å²) in [6, 6.07) is 10.4. The number of phenolic OH excluding ortho intramolecular Hbond substituents is 1. The van der Waals surface area contributed by atoms with Gasteiger partial charge in [-0.15, -0.1) is 0 Å². The molecule has 0 unspecified atom stereocenters. The van der Waals surface area contributed by atoms with E-state index in [4.69, 9.17) is 0 Å². The number of carboxylic acid groups (broad SMARTS) is 1. The summed E-state index contributed by atoms with van der Waals surface area (Å²) in [7, 11) is -4.11. The van der Waals surface area contributed by atoms with Crippen LogP contribution in [0.4, 0.5) is 0 Å². The van der Waals surface area contributed by atoms with Crippen LogP contribution in [-0.4, -0.2) is 24.6 Å². The van der Waals surface area contributed by atoms with Crippen molar-refractivity contribution in [2.75, 3.05) is 0 Å². The van der Waals surface area contributed by atoms with Crippen molar-refractivity contribution in [3.05, 3.63) is 63.6 Å². The number of hydrogen-bond donors (Lipinski definition) is 2. The number of rotatable bonds is 5. The van der Waals surface area contributed by atoms with Crippen LogP contribution in [0.3, 0.4) is 0 Å². The standard InChI is InChI=1S/C25H29NO5S/c1-24(2,3)20-13-16(14-21(22(20)27)25(4,5)6)12-19(10-11-26)32(30,31)18-9-7-8-17(15-18)23(28)29/h7-9,12-15,27H,10H2,1-6H3,(H,28,29)/b19-12+. The first-order valence-corrected chi connectivity index (χ1v) is 11.6. The number of nitriles is 1. The third kappa shape index (κ3) is 5.38. The molecule has 2 aromatic rings. The zero-order valence-electron chi connectivity index (χ0n) is 19.2. The first kappa shape index (κ1) is 25.2. The number of nitrogens with zero attached hydrogens (tertiary/aromatic N) is 1. The van der Waals surface area contributed by atoms with Crippen LogP contribution in [0.2, 0.25) is 0 Å². The topological polar surface area (TPSA) is 115 Å². The summed E-state index contributed by atoms with van der Waals surface area (Å²) in [5, 5.41) is 29.4. The average molecular weight is 456 g/mol. The SMILES string of the molecule is CC(C)(C)c1cc(/C=C(\CC#N)S(=O)(=O)c2cccc(C(=O)O)c2)cc(C(C)(C)C)c1O. The van der Waals surface area contributed by atoms with Gasteiger partial charge in [0.1, 0.15) is 5.75 Å². The Morgan fingerprint density at radius 1 is 1.03 bits per heavy atom. The quantitative estimate of drug-likeness (QED) is 0.622. The molecule has 0 aliphatic carbocycles. The highest BCUT2D eigenvalue weighted by Crippen LogP contribution is 2.40. The van der Waals surface area contributed by atoms with Crippen LogP contribution in [0, 0.1) is 11.3 Å². The van der Waals surface area contributed by atoms with Crippen LogP contribution in [-0.2, 0) is 20.7 Å². The molecule has 0 saturated heterocycles. The van der Waals surface area contributed by atoms with Crippen molar-refractivity contribution in [2.45, 2.75) is 63.7 Å². The van der Waals surface area contributed by atoms with Crippen molar-refractivity contribution in [3.63, 3.8) is 0 Å². The summed E-state index contributed by atoms with van der Waals surface area (Å²) in [4.78, 5) is 10.9. The van der Waals surface area contributed by atoms with Gasteiger partial charge in [-0.05, 0) is 52.8 Å². The molecule has 0 saturated carbocycles. The molecule has 0 radical (unpaired) electrons. The summed E-state index contributed by atoms with van der Waals surface area (Å²) in [5.74, 6) is -1.07. The maximum Gasteiger partial charge on any atom is 0.335 e. The Hall–Kier alpha value is -3.11. The monoisotopic (exact) mass is 455 g/mol. The van der Waals surface area contributed by atoms with E-state index in [1.54, 1.807) is 12.1 Å². The van der Waals surface area contributed by atoms with Crippen LogP contribution in [0.15, 0.2) is 46.2 Å². The Bertz CT molecular complexity index is 1190. The normalized spacial score (nSPS) is 13.0. The molecular formula is C25H29NO5S. The Morgan fingerprint density at radius 3 is 2.00 bits per heavy atom. The van der Waals surface area contributed by atoms with Gasteiger partial charge in [0.2, 0.25) is 9.84 Å². The summed E-state index contributed by atoms with van der Waals surface area (Å²) in [6.07, 6.45) is 1.05. The van der Waals surface area contributed by atoms with Gasteiger partial charge in [-0.25, -0.2) is 13.2 Å². The molecule has 32 heavy (non-hydrogen) atoms. The summed E-state index contributed by atoms with van der Waals surface area (Å²) in [5.41, 5.74) is 0.907. The number of carbonyl (C=O) groups is 1. The Morgan fingerprint density at radius 2 is 1.56 bits per heavy atom. The number of aromatic hydroxyl groups is 1. The van der Waals surface area contributed by atoms with E-state index in [9.17, 15) is 28.7 Å². The van der Waals surface area contributed by atoms with Gasteiger partial charge in [0.25, 0.3) is 0 Å². The minimum absolute atomic E-state index is 0.145. The largest absolute Gasteiger partial charge is 0.507 e. The molecule has 0 atom stereocenters. The van der Waals surface area contributed by atoms with Gasteiger partial charge >= 0.3 is 5.97 Å². The second kappa shape index (κ2) is 8.79. The molecule has 0 fully saturated rings. The fourth-order valence-electron chi connectivity index (χ4n) is 3.32. The molecule has 2 rings (SSSR count). The van der Waals surface area contributed by atoms with Crippen molar-refractivity contribution in [1.29, 1.82) is 5.26 Å². The molecule has 2 aromatic carbocycles. The molecule has 0 heterocycles. The maximum atomic E-state index is 13.3. The molecule has 2 N–H and O–H groups in total. The van der Waals surface area contributed by atoms with E-state index >= 15 is 0 Å². The molecule has 0 aromatic heterocycles. The first-order chi connectivity index (χ1) is 14.6. The second-order valence-corrected chi connectivity index (χ2v) is 11.7. The van der Waals surface area contributed by atoms with E-state index in [1.165, 1.54) is 24.3 Å². The molecular weight excluding hydrogens is 426 g/mol. The van der Waals surface area contributed by atoms with Crippen LogP contribution in [0.5, 0.6) is 5.75 Å². The highest BCUT2D eigenvalue weighted by molar-refractivity contribution is 7.95. The van der Waals surface area contributed by atoms with Gasteiger partial charge in [0.05, 0.1) is 27.9 Å². The second-order valence-electron chi connectivity index (χ2n) is 9.75. The minimum atomic E-state index is -4.11. The van der Waals surface area contributed by atoms with Gasteiger partial charge in [-0.2, -0.15) is 5.26 Å². The summed E-state index contributed by atoms with van der Waals surface area (Å²) >= 11 is 0. The molecule has 0 aliphatic rings. The van der Waals surface area contributed by atoms with Crippen molar-refractivity contribution in [3.8, 4) is 11.8 Å². The molecule has 6 nitrogen and oxygen atoms in total. The lowest BCUT2D eigenvalue weighted by molar-refractivity contribution is 0.0696. The lowest BCUT2D eigenvalue weighted by atomic mass is 9.78. The van der Waals surface area contributed by atoms with Crippen molar-refractivity contribution in [2.24, 2.45) is 0 Å². The van der Waals surface area contributed by atoms with E-state index in [-0.39, 0.29) is 27.5 Å². The zero-order chi connectivity index (χ0) is 24.5. The average Bonchev–Trinajstić information content (AvgIpc) is 2.67. The maximum absolute atomic E-state index is 13.3. The number of allylic oxidation sites excluding steroid dienone is 1. The first-order valence-electron chi connectivity index (χ1n) is 10.1. The Kier molecular flexibility index (Phi) is 6.91. The zero-order valence-corrected chi connectivity index (χ0v) is 20.0. The highest BCUT2D eigenvalue weighted by Gasteiger charge is 2.27. The fourth-order valence-corrected chi connectivity index (χ4v) is 4.71. The number of carboxylic acids is 1. The molecule has 0 aliphatic heterocycles. The number of phenols is 1. The highest BCUT2D eigenvalue weighted by atomic mass is 32.2. The van der Waals surface area contributed by atoms with Crippen molar-refractivity contribution >= 4 is 21.9 Å². The van der Waals surface area contributed by atoms with Crippen LogP contribution in [0.25, 0.3) is 6.08 Å². The molecule has 170 valence electrons. The molecule has 0 amide bonds. The van der Waals surface area contributed by atoms with E-state index in [0.717, 1.165) is 6.07 Å². The van der Waals surface area contributed by atoms with E-state index < -0.39 is 26.6 Å². The summed E-state index contributed by atoms with van der Waals surface area (Å²) < 4.78 is 26.5. The molecule has 0 spiro atoms. The van der Waals surface area contributed by atoms with Gasteiger partial charge < -0.3 is 10.2 Å². The van der Waals surface area contributed by atoms with E-state index in [0.29, 0.717) is 16.7 Å². The Balaban J connectivity index is 2.78. The third-order valence-corrected chi connectivity index (χ3v) is 6.89. The van der Waals surface area contributed by atoms with Crippen LogP contribution in [0.1, 0.15) is 75.0 Å². The van der Waals surface area contributed by atoms with Gasteiger partial charge in [0.15, 0.2) is 0 Å². The van der Waals surface area contributed by atoms with Crippen molar-refractivity contribution in [1.82, 2.24) is 0 Å². The van der Waals surface area contributed by atoms with Crippen LogP contribution >= 0.6 is 0 Å². The van der Waals surface area contributed by atoms with E-state index in [2.05, 4.69) is 0 Å².